The number of nitrogens with zero attached hydrogens (tertiary/aromatic N) is 6. The zero-order chi connectivity index (χ0) is 32.8. The second kappa shape index (κ2) is 15.3. The first-order valence-electron chi connectivity index (χ1n) is 15.6. The Morgan fingerprint density at radius 1 is 1.13 bits per heavy atom. The summed E-state index contributed by atoms with van der Waals surface area (Å²) < 4.78 is 51.2. The third kappa shape index (κ3) is 8.33. The maximum absolute atomic E-state index is 12.9. The topological polar surface area (TPSA) is 85.0 Å². The molecule has 2 saturated heterocycles. The van der Waals surface area contributed by atoms with Crippen molar-refractivity contribution in [3.8, 4) is 6.07 Å². The molecule has 0 spiro atoms. The van der Waals surface area contributed by atoms with E-state index in [0.29, 0.717) is 27.8 Å². The van der Waals surface area contributed by atoms with Gasteiger partial charge in [-0.05, 0) is 56.0 Å². The summed E-state index contributed by atoms with van der Waals surface area (Å²) in [6.07, 6.45) is -2.29. The largest absolute Gasteiger partial charge is 0.393 e. The average molecular weight is 677 g/mol. The van der Waals surface area contributed by atoms with Crippen molar-refractivity contribution < 1.29 is 17.6 Å². The maximum Gasteiger partial charge on any atom is 0.393 e. The van der Waals surface area contributed by atoms with Crippen molar-refractivity contribution in [2.45, 2.75) is 64.5 Å². The van der Waals surface area contributed by atoms with Gasteiger partial charge in [0.1, 0.15) is 35.2 Å². The lowest BCUT2D eigenvalue weighted by Crippen LogP contribution is -2.48. The molecule has 6 rings (SSSR count). The molecule has 0 bridgehead atoms. The number of rotatable bonds is 8. The highest BCUT2D eigenvalue weighted by atomic mass is 32.1. The van der Waals surface area contributed by atoms with E-state index in [2.05, 4.69) is 67.0 Å². The third-order valence-corrected chi connectivity index (χ3v) is 9.92. The number of alkyl halides is 4. The number of fused-ring (bicyclic) bond motifs is 2. The van der Waals surface area contributed by atoms with Gasteiger partial charge in [0.25, 0.3) is 0 Å². The molecule has 248 valence electrons. The number of piperidine rings is 1. The number of nitrogens with one attached hydrogen (secondary N) is 2. The van der Waals surface area contributed by atoms with Crippen LogP contribution in [0.4, 0.5) is 23.4 Å². The summed E-state index contributed by atoms with van der Waals surface area (Å²) in [7, 11) is 1.91. The number of hydrogen-bond acceptors (Lipinski definition) is 8. The molecule has 2 N–H and O–H groups in total. The maximum atomic E-state index is 12.9. The number of halogens is 4. The van der Waals surface area contributed by atoms with Crippen LogP contribution in [0.2, 0.25) is 0 Å². The second-order valence-corrected chi connectivity index (χ2v) is 13.4. The van der Waals surface area contributed by atoms with Crippen molar-refractivity contribution >= 4 is 47.5 Å². The molecular weight excluding hydrogens is 635 g/mol. The Bertz CT molecular complexity index is 1650. The fourth-order valence-corrected chi connectivity index (χ4v) is 7.49. The second-order valence-electron chi connectivity index (χ2n) is 12.0. The minimum Gasteiger partial charge on any atom is -0.367 e. The van der Waals surface area contributed by atoms with Crippen LogP contribution in [0.1, 0.15) is 41.5 Å². The average Bonchev–Trinajstić information content (AvgIpc) is 3.60. The van der Waals surface area contributed by atoms with E-state index in [9.17, 15) is 22.8 Å². The number of piperazine rings is 1. The van der Waals surface area contributed by atoms with Crippen LogP contribution in [0.15, 0.2) is 30.6 Å². The van der Waals surface area contributed by atoms with E-state index in [1.54, 1.807) is 6.07 Å². The van der Waals surface area contributed by atoms with Gasteiger partial charge in [-0.2, -0.15) is 18.4 Å². The monoisotopic (exact) mass is 676 g/mol. The number of likely N-dealkylation sites (tertiary alicyclic amines) is 1. The smallest absolute Gasteiger partial charge is 0.367 e. The van der Waals surface area contributed by atoms with Crippen molar-refractivity contribution in [3.63, 3.8) is 0 Å². The first-order chi connectivity index (χ1) is 22.1. The van der Waals surface area contributed by atoms with Crippen molar-refractivity contribution in [1.82, 2.24) is 29.7 Å². The van der Waals surface area contributed by atoms with Crippen molar-refractivity contribution in [2.24, 2.45) is 0 Å². The summed E-state index contributed by atoms with van der Waals surface area (Å²) in [5.74, 6) is 0.610. The highest BCUT2D eigenvalue weighted by Gasteiger charge is 2.29. The lowest BCUT2D eigenvalue weighted by atomic mass is 10.0. The molecule has 0 saturated carbocycles. The fraction of sp³-hybridized carbons (Fsp3) is 0.531. The zero-order valence-electron chi connectivity index (χ0n) is 26.2. The first kappa shape index (κ1) is 34.5. The van der Waals surface area contributed by atoms with E-state index in [-0.39, 0.29) is 17.3 Å². The van der Waals surface area contributed by atoms with Gasteiger partial charge in [-0.3, -0.25) is 9.80 Å². The quantitative estimate of drug-likeness (QED) is 0.173. The lowest BCUT2D eigenvalue weighted by molar-refractivity contribution is -0.126. The standard InChI is InChI=1S/C31H37F3N8S.CH4FP/c1-20(41-11-7-36-8-12-41)17-42-24(16-35)13-26-21(2)22(3-4-28(26)42)18-40-9-5-23(6-10-40)39-29-27-14-25(15-31(32,33)34)43-30(27)38-19-37-29;2-1-3/h3-4,13-14,19-20,23,36H,5-12,15,17-18H2,1-2H3,(H,37,38,39);1,3H2. The Labute approximate surface area is 273 Å². The molecule has 46 heavy (non-hydrogen) atoms. The van der Waals surface area contributed by atoms with Gasteiger partial charge in [0.2, 0.25) is 0 Å². The van der Waals surface area contributed by atoms with Crippen LogP contribution in [0.5, 0.6) is 0 Å². The SMILES string of the molecule is Cc1c(CN2CCC(Nc3ncnc4sc(CC(F)(F)F)cc34)CC2)ccc2c1cc(C#N)n2CC(C)N1CCNCC1.FCP. The predicted octanol–water partition coefficient (Wildman–Crippen LogP) is 6.09. The Balaban J connectivity index is 0.00000134. The van der Waals surface area contributed by atoms with E-state index >= 15 is 0 Å². The zero-order valence-corrected chi connectivity index (χ0v) is 28.2. The molecule has 2 atom stereocenters. The molecule has 4 aromatic rings. The van der Waals surface area contributed by atoms with Gasteiger partial charge in [-0.25, -0.2) is 14.4 Å². The molecule has 2 unspecified atom stereocenters. The number of anilines is 1. The number of nitriles is 1. The van der Waals surface area contributed by atoms with Gasteiger partial charge in [-0.1, -0.05) is 6.07 Å². The van der Waals surface area contributed by atoms with Crippen molar-refractivity contribution in [2.75, 3.05) is 51.0 Å². The van der Waals surface area contributed by atoms with Crippen LogP contribution in [0.25, 0.3) is 21.1 Å². The molecule has 2 aliphatic heterocycles. The Kier molecular flexibility index (Phi) is 11.5. The molecule has 0 amide bonds. The number of thiophene rings is 1. The van der Waals surface area contributed by atoms with Crippen LogP contribution < -0.4 is 10.6 Å². The normalized spacial score (nSPS) is 17.5. The number of aromatic nitrogens is 3. The van der Waals surface area contributed by atoms with Gasteiger partial charge >= 0.3 is 6.18 Å². The molecule has 14 heteroatoms. The minimum absolute atomic E-state index is 0.189. The van der Waals surface area contributed by atoms with Crippen LogP contribution in [0, 0.1) is 18.3 Å². The molecule has 3 aromatic heterocycles. The molecule has 0 aliphatic carbocycles. The van der Waals surface area contributed by atoms with Crippen LogP contribution >= 0.6 is 20.6 Å². The molecule has 1 aromatic carbocycles. The predicted molar refractivity (Wildman–Crippen MR) is 180 cm³/mol. The number of aryl methyl sites for hydroxylation is 1. The summed E-state index contributed by atoms with van der Waals surface area (Å²) in [5, 5.41) is 18.6. The van der Waals surface area contributed by atoms with E-state index in [1.165, 1.54) is 17.5 Å². The molecule has 2 fully saturated rings. The Morgan fingerprint density at radius 2 is 1.85 bits per heavy atom. The van der Waals surface area contributed by atoms with E-state index in [1.807, 2.05) is 15.3 Å². The van der Waals surface area contributed by atoms with Crippen molar-refractivity contribution in [3.05, 3.63) is 52.3 Å². The van der Waals surface area contributed by atoms with Gasteiger partial charge in [0.15, 0.2) is 0 Å². The molecule has 2 aliphatic rings. The van der Waals surface area contributed by atoms with Gasteiger partial charge in [0, 0.05) is 80.2 Å². The van der Waals surface area contributed by atoms with Crippen LogP contribution in [-0.4, -0.2) is 88.3 Å². The minimum atomic E-state index is -4.25. The van der Waals surface area contributed by atoms with Gasteiger partial charge in [0.05, 0.1) is 11.8 Å². The molecule has 5 heterocycles. The highest BCUT2D eigenvalue weighted by molar-refractivity contribution is 7.18. The summed E-state index contributed by atoms with van der Waals surface area (Å²) >= 11 is 1.07. The highest BCUT2D eigenvalue weighted by Crippen LogP contribution is 2.33. The van der Waals surface area contributed by atoms with Crippen LogP contribution in [0.3, 0.4) is 0 Å². The fourth-order valence-electron chi connectivity index (χ4n) is 6.46. The summed E-state index contributed by atoms with van der Waals surface area (Å²) in [6.45, 7) is 11.9. The third-order valence-electron chi connectivity index (χ3n) is 8.88. The Hall–Kier alpha value is -2.88. The number of benzene rings is 1. The lowest BCUT2D eigenvalue weighted by Gasteiger charge is -2.33. The number of hydrogen-bond donors (Lipinski definition) is 2. The van der Waals surface area contributed by atoms with Gasteiger partial charge in [-0.15, -0.1) is 20.6 Å². The van der Waals surface area contributed by atoms with E-state index in [0.717, 1.165) is 87.4 Å². The van der Waals surface area contributed by atoms with Crippen molar-refractivity contribution in [1.29, 1.82) is 5.26 Å². The van der Waals surface area contributed by atoms with E-state index < -0.39 is 12.6 Å². The summed E-state index contributed by atoms with van der Waals surface area (Å²) in [5.41, 5.74) is 4.31. The van der Waals surface area contributed by atoms with Crippen LogP contribution in [-0.2, 0) is 19.5 Å². The summed E-state index contributed by atoms with van der Waals surface area (Å²) in [6, 6.07) is 11.0. The molecule has 8 nitrogen and oxygen atoms in total. The molecular formula is C32H41F4N8PS. The first-order valence-corrected chi connectivity index (χ1v) is 17.2. The van der Waals surface area contributed by atoms with E-state index in [4.69, 9.17) is 0 Å². The van der Waals surface area contributed by atoms with Gasteiger partial charge < -0.3 is 15.2 Å². The molecule has 0 radical (unpaired) electrons. The summed E-state index contributed by atoms with van der Waals surface area (Å²) in [4.78, 5) is 14.3. The Morgan fingerprint density at radius 3 is 2.52 bits per heavy atom.